The number of aliphatic hydroxyl groups is 1. The molecular formula is C20H16Cl2N2O2. The van der Waals surface area contributed by atoms with E-state index in [2.05, 4.69) is 10.9 Å². The number of hydrogen-bond donors (Lipinski definition) is 3. The average Bonchev–Trinajstić information content (AvgIpc) is 2.67. The summed E-state index contributed by atoms with van der Waals surface area (Å²) in [6.45, 7) is 0. The van der Waals surface area contributed by atoms with E-state index in [1.165, 1.54) is 0 Å². The van der Waals surface area contributed by atoms with E-state index >= 15 is 0 Å². The Bertz CT molecular complexity index is 836. The van der Waals surface area contributed by atoms with Gasteiger partial charge in [0.15, 0.2) is 5.60 Å². The number of carbonyl (C=O) groups excluding carboxylic acids is 1. The minimum absolute atomic E-state index is 0.386. The Morgan fingerprint density at radius 1 is 0.769 bits per heavy atom. The molecule has 0 saturated heterocycles. The fourth-order valence-electron chi connectivity index (χ4n) is 2.55. The summed E-state index contributed by atoms with van der Waals surface area (Å²) in [4.78, 5) is 12.9. The lowest BCUT2D eigenvalue weighted by Gasteiger charge is -2.28. The first-order valence-electron chi connectivity index (χ1n) is 7.86. The van der Waals surface area contributed by atoms with Gasteiger partial charge in [-0.3, -0.25) is 15.6 Å². The van der Waals surface area contributed by atoms with Crippen LogP contribution in [0.2, 0.25) is 10.0 Å². The largest absolute Gasteiger partial charge is 0.372 e. The normalized spacial score (nSPS) is 11.0. The lowest BCUT2D eigenvalue weighted by Crippen LogP contribution is -2.47. The molecule has 4 nitrogen and oxygen atoms in total. The van der Waals surface area contributed by atoms with Crippen molar-refractivity contribution in [2.24, 2.45) is 0 Å². The first-order valence-corrected chi connectivity index (χ1v) is 8.62. The van der Waals surface area contributed by atoms with Gasteiger partial charge in [0.25, 0.3) is 5.91 Å². The molecule has 3 aromatic carbocycles. The second-order valence-corrected chi connectivity index (χ2v) is 6.54. The van der Waals surface area contributed by atoms with Gasteiger partial charge in [0, 0.05) is 10.0 Å². The summed E-state index contributed by atoms with van der Waals surface area (Å²) >= 11 is 11.9. The third-order valence-electron chi connectivity index (χ3n) is 3.95. The van der Waals surface area contributed by atoms with Crippen molar-refractivity contribution >= 4 is 34.8 Å². The zero-order valence-corrected chi connectivity index (χ0v) is 15.1. The molecule has 26 heavy (non-hydrogen) atoms. The maximum atomic E-state index is 12.9. The molecule has 0 aromatic heterocycles. The van der Waals surface area contributed by atoms with E-state index in [1.807, 2.05) is 18.2 Å². The van der Waals surface area contributed by atoms with E-state index in [0.717, 1.165) is 0 Å². The highest BCUT2D eigenvalue weighted by atomic mass is 35.5. The molecule has 0 fully saturated rings. The minimum Gasteiger partial charge on any atom is -0.372 e. The standard InChI is InChI=1S/C20H16Cl2N2O2/c21-16-10-6-14(7-11-16)20(26,15-8-12-17(22)13-9-15)19(25)24-23-18-4-2-1-3-5-18/h1-13,23,26H,(H,24,25). The zero-order chi connectivity index (χ0) is 18.6. The molecule has 0 heterocycles. The van der Waals surface area contributed by atoms with Gasteiger partial charge in [-0.1, -0.05) is 65.7 Å². The Hall–Kier alpha value is -2.53. The van der Waals surface area contributed by atoms with E-state index < -0.39 is 11.5 Å². The summed E-state index contributed by atoms with van der Waals surface area (Å²) in [5, 5.41) is 12.4. The monoisotopic (exact) mass is 386 g/mol. The van der Waals surface area contributed by atoms with E-state index in [4.69, 9.17) is 23.2 Å². The van der Waals surface area contributed by atoms with Crippen molar-refractivity contribution in [2.75, 3.05) is 5.43 Å². The Kier molecular flexibility index (Phi) is 5.47. The van der Waals surface area contributed by atoms with Crippen LogP contribution < -0.4 is 10.9 Å². The minimum atomic E-state index is -1.92. The van der Waals surface area contributed by atoms with Gasteiger partial charge in [0.2, 0.25) is 0 Å². The van der Waals surface area contributed by atoms with Crippen LogP contribution >= 0.6 is 23.2 Å². The number of nitrogens with one attached hydrogen (secondary N) is 2. The highest BCUT2D eigenvalue weighted by Crippen LogP contribution is 2.31. The molecule has 0 aliphatic rings. The molecule has 0 aliphatic heterocycles. The van der Waals surface area contributed by atoms with E-state index in [0.29, 0.717) is 26.9 Å². The first-order chi connectivity index (χ1) is 12.5. The van der Waals surface area contributed by atoms with Gasteiger partial charge in [-0.2, -0.15) is 0 Å². The average molecular weight is 387 g/mol. The van der Waals surface area contributed by atoms with Crippen molar-refractivity contribution in [3.63, 3.8) is 0 Å². The van der Waals surface area contributed by atoms with Gasteiger partial charge < -0.3 is 5.11 Å². The van der Waals surface area contributed by atoms with Gasteiger partial charge in [0.1, 0.15) is 0 Å². The van der Waals surface area contributed by atoms with Crippen molar-refractivity contribution in [3.05, 3.63) is 100 Å². The van der Waals surface area contributed by atoms with Crippen molar-refractivity contribution in [1.29, 1.82) is 0 Å². The number of rotatable bonds is 5. The van der Waals surface area contributed by atoms with Crippen LogP contribution in [0.1, 0.15) is 11.1 Å². The Morgan fingerprint density at radius 2 is 1.23 bits per heavy atom. The number of benzene rings is 3. The summed E-state index contributed by atoms with van der Waals surface area (Å²) in [5.41, 5.74) is 4.90. The van der Waals surface area contributed by atoms with E-state index in [1.54, 1.807) is 60.7 Å². The summed E-state index contributed by atoms with van der Waals surface area (Å²) < 4.78 is 0. The van der Waals surface area contributed by atoms with Crippen molar-refractivity contribution in [1.82, 2.24) is 5.43 Å². The summed E-state index contributed by atoms with van der Waals surface area (Å²) in [5.74, 6) is -0.633. The van der Waals surface area contributed by atoms with Gasteiger partial charge in [0.05, 0.1) is 5.69 Å². The number of carbonyl (C=O) groups is 1. The third-order valence-corrected chi connectivity index (χ3v) is 4.45. The van der Waals surface area contributed by atoms with Crippen LogP contribution in [0.5, 0.6) is 0 Å². The molecule has 0 radical (unpaired) electrons. The van der Waals surface area contributed by atoms with Crippen LogP contribution in [0.4, 0.5) is 5.69 Å². The summed E-state index contributed by atoms with van der Waals surface area (Å²) in [6, 6.07) is 22.0. The van der Waals surface area contributed by atoms with E-state index in [9.17, 15) is 9.90 Å². The van der Waals surface area contributed by atoms with Crippen molar-refractivity contribution in [2.45, 2.75) is 5.60 Å². The number of halogens is 2. The summed E-state index contributed by atoms with van der Waals surface area (Å²) in [7, 11) is 0. The number of hydrazine groups is 1. The molecule has 3 aromatic rings. The third kappa shape index (κ3) is 3.83. The van der Waals surface area contributed by atoms with Crippen LogP contribution in [0.25, 0.3) is 0 Å². The second-order valence-electron chi connectivity index (χ2n) is 5.67. The molecule has 1 amide bonds. The lowest BCUT2D eigenvalue weighted by molar-refractivity contribution is -0.136. The summed E-state index contributed by atoms with van der Waals surface area (Å²) in [6.07, 6.45) is 0. The fraction of sp³-hybridized carbons (Fsp3) is 0.0500. The molecule has 0 bridgehead atoms. The van der Waals surface area contributed by atoms with Crippen LogP contribution in [0.3, 0.4) is 0 Å². The van der Waals surface area contributed by atoms with Crippen molar-refractivity contribution in [3.8, 4) is 0 Å². The van der Waals surface area contributed by atoms with Crippen molar-refractivity contribution < 1.29 is 9.90 Å². The van der Waals surface area contributed by atoms with Crippen LogP contribution in [-0.2, 0) is 10.4 Å². The number of hydrogen-bond acceptors (Lipinski definition) is 3. The Labute approximate surface area is 161 Å². The molecule has 0 unspecified atom stereocenters. The smallest absolute Gasteiger partial charge is 0.279 e. The zero-order valence-electron chi connectivity index (χ0n) is 13.6. The number of para-hydroxylation sites is 1. The molecule has 0 aliphatic carbocycles. The highest BCUT2D eigenvalue weighted by molar-refractivity contribution is 6.30. The van der Waals surface area contributed by atoms with Gasteiger partial charge in [-0.15, -0.1) is 0 Å². The predicted octanol–water partition coefficient (Wildman–Crippen LogP) is 4.37. The first kappa shape index (κ1) is 18.3. The quantitative estimate of drug-likeness (QED) is 0.570. The van der Waals surface area contributed by atoms with E-state index in [-0.39, 0.29) is 0 Å². The maximum absolute atomic E-state index is 12.9. The Morgan fingerprint density at radius 3 is 1.69 bits per heavy atom. The number of anilines is 1. The molecule has 3 N–H and O–H groups in total. The lowest BCUT2D eigenvalue weighted by atomic mass is 9.85. The molecule has 6 heteroatoms. The second kappa shape index (κ2) is 7.79. The highest BCUT2D eigenvalue weighted by Gasteiger charge is 2.40. The van der Waals surface area contributed by atoms with Crippen LogP contribution in [-0.4, -0.2) is 11.0 Å². The van der Waals surface area contributed by atoms with Crippen LogP contribution in [0.15, 0.2) is 78.9 Å². The number of amides is 1. The van der Waals surface area contributed by atoms with Crippen LogP contribution in [0, 0.1) is 0 Å². The van der Waals surface area contributed by atoms with Gasteiger partial charge >= 0.3 is 0 Å². The Balaban J connectivity index is 1.95. The fourth-order valence-corrected chi connectivity index (χ4v) is 2.80. The van der Waals surface area contributed by atoms with Gasteiger partial charge in [-0.05, 0) is 47.5 Å². The molecule has 0 atom stereocenters. The molecule has 132 valence electrons. The molecule has 3 rings (SSSR count). The molecule has 0 spiro atoms. The SMILES string of the molecule is O=C(NNc1ccccc1)C(O)(c1ccc(Cl)cc1)c1ccc(Cl)cc1. The molecule has 0 saturated carbocycles. The molecular weight excluding hydrogens is 371 g/mol. The predicted molar refractivity (Wildman–Crippen MR) is 104 cm³/mol. The maximum Gasteiger partial charge on any atom is 0.279 e. The van der Waals surface area contributed by atoms with Gasteiger partial charge in [-0.25, -0.2) is 0 Å². The topological polar surface area (TPSA) is 61.4 Å².